The number of methoxy groups -OCH3 is 2. The fraction of sp³-hybridized carbons (Fsp3) is 0.353. The van der Waals surface area contributed by atoms with E-state index in [2.05, 4.69) is 5.32 Å². The van der Waals surface area contributed by atoms with Crippen LogP contribution in [-0.4, -0.2) is 43.3 Å². The van der Waals surface area contributed by atoms with Gasteiger partial charge in [-0.1, -0.05) is 12.2 Å². The largest absolute Gasteiger partial charge is 0.480 e. The van der Waals surface area contributed by atoms with Gasteiger partial charge in [-0.05, 0) is 24.1 Å². The van der Waals surface area contributed by atoms with Crippen molar-refractivity contribution in [1.29, 1.82) is 0 Å². The predicted octanol–water partition coefficient (Wildman–Crippen LogP) is 1.80. The summed E-state index contributed by atoms with van der Waals surface area (Å²) in [5, 5.41) is 12.4. The molecule has 1 aliphatic carbocycles. The number of carbonyl (C=O) groups excluding carboxylic acids is 2. The van der Waals surface area contributed by atoms with Crippen LogP contribution in [0.1, 0.15) is 38.6 Å². The lowest BCUT2D eigenvalue weighted by Gasteiger charge is -2.36. The van der Waals surface area contributed by atoms with Gasteiger partial charge in [0.15, 0.2) is 0 Å². The van der Waals surface area contributed by atoms with Gasteiger partial charge in [-0.3, -0.25) is 0 Å². The maximum Gasteiger partial charge on any atom is 0.339 e. The van der Waals surface area contributed by atoms with E-state index in [1.165, 1.54) is 26.4 Å². The van der Waals surface area contributed by atoms with Gasteiger partial charge in [-0.2, -0.15) is 0 Å². The van der Waals surface area contributed by atoms with E-state index < -0.39 is 23.9 Å². The first-order valence-electron chi connectivity index (χ1n) is 7.49. The predicted molar refractivity (Wildman–Crippen MR) is 84.2 cm³/mol. The molecule has 0 fully saturated rings. The van der Waals surface area contributed by atoms with E-state index in [1.807, 2.05) is 12.2 Å². The van der Waals surface area contributed by atoms with Crippen molar-refractivity contribution in [2.24, 2.45) is 5.92 Å². The normalized spacial score (nSPS) is 23.7. The number of hydrogen-bond donors (Lipinski definition) is 2. The molecule has 0 unspecified atom stereocenters. The molecule has 1 heterocycles. The minimum absolute atomic E-state index is 0.199. The molecule has 1 aromatic carbocycles. The number of nitrogens with one attached hydrogen (secondary N) is 1. The highest BCUT2D eigenvalue weighted by Crippen LogP contribution is 2.47. The van der Waals surface area contributed by atoms with Crippen LogP contribution in [-0.2, 0) is 14.3 Å². The summed E-state index contributed by atoms with van der Waals surface area (Å²) < 4.78 is 9.60. The first kappa shape index (κ1) is 16.0. The number of allylic oxidation sites excluding steroid dienone is 2. The summed E-state index contributed by atoms with van der Waals surface area (Å²) in [7, 11) is 2.53. The summed E-state index contributed by atoms with van der Waals surface area (Å²) in [6, 6.07) is 2.11. The molecule has 0 bridgehead atoms. The van der Waals surface area contributed by atoms with Crippen molar-refractivity contribution in [1.82, 2.24) is 0 Å². The number of ether oxygens (including phenoxy) is 2. The van der Waals surface area contributed by atoms with E-state index in [1.54, 1.807) is 0 Å². The monoisotopic (exact) mass is 331 g/mol. The molecule has 2 N–H and O–H groups in total. The van der Waals surface area contributed by atoms with Crippen LogP contribution < -0.4 is 5.32 Å². The minimum Gasteiger partial charge on any atom is -0.480 e. The van der Waals surface area contributed by atoms with E-state index in [0.717, 1.165) is 0 Å². The van der Waals surface area contributed by atoms with Crippen LogP contribution >= 0.6 is 0 Å². The number of rotatable bonds is 3. The molecule has 3 atom stereocenters. The topological polar surface area (TPSA) is 102 Å². The Bertz CT molecular complexity index is 754. The summed E-state index contributed by atoms with van der Waals surface area (Å²) in [6.07, 6.45) is 4.36. The van der Waals surface area contributed by atoms with Crippen LogP contribution in [0.2, 0.25) is 0 Å². The molecule has 0 spiro atoms. The molecule has 1 aromatic rings. The Labute approximate surface area is 138 Å². The molecule has 7 heteroatoms. The Hall–Kier alpha value is -2.83. The number of carboxylic acids is 1. The van der Waals surface area contributed by atoms with Gasteiger partial charge >= 0.3 is 17.9 Å². The van der Waals surface area contributed by atoms with Crippen molar-refractivity contribution in [3.05, 3.63) is 41.0 Å². The second-order valence-electron chi connectivity index (χ2n) is 5.75. The highest BCUT2D eigenvalue weighted by Gasteiger charge is 2.44. The first-order valence-corrected chi connectivity index (χ1v) is 7.49. The van der Waals surface area contributed by atoms with E-state index in [0.29, 0.717) is 23.2 Å². The minimum atomic E-state index is -1.00. The number of anilines is 1. The van der Waals surface area contributed by atoms with Gasteiger partial charge in [0, 0.05) is 11.8 Å². The average Bonchev–Trinajstić information content (AvgIpc) is 3.08. The van der Waals surface area contributed by atoms with Crippen LogP contribution in [0, 0.1) is 5.92 Å². The van der Waals surface area contributed by atoms with E-state index in [9.17, 15) is 19.5 Å². The lowest BCUT2D eigenvalue weighted by Crippen LogP contribution is -2.43. The standard InChI is InChI=1S/C17H17NO6/c1-23-16(21)10-6-7-11(17(22)24-2)13-12(10)8-4-3-5-9(8)14(18-13)15(19)20/h3-4,6-9,14,18H,5H2,1-2H3,(H,19,20)/t8-,9-,14+/m0/s1. The zero-order valence-electron chi connectivity index (χ0n) is 13.2. The van der Waals surface area contributed by atoms with Crippen LogP contribution in [0.15, 0.2) is 24.3 Å². The maximum atomic E-state index is 12.1. The number of fused-ring (bicyclic) bond motifs is 3. The molecule has 0 radical (unpaired) electrons. The highest BCUT2D eigenvalue weighted by molar-refractivity contribution is 6.02. The molecule has 2 aliphatic rings. The first-order chi connectivity index (χ1) is 11.5. The van der Waals surface area contributed by atoms with E-state index in [4.69, 9.17) is 9.47 Å². The average molecular weight is 331 g/mol. The number of carbonyl (C=O) groups is 3. The molecule has 1 aliphatic heterocycles. The van der Waals surface area contributed by atoms with Crippen molar-refractivity contribution >= 4 is 23.6 Å². The Kier molecular flexibility index (Phi) is 4.01. The van der Waals surface area contributed by atoms with Crippen molar-refractivity contribution in [2.45, 2.75) is 18.4 Å². The molecule has 0 amide bonds. The molecule has 7 nitrogen and oxygen atoms in total. The number of hydrogen-bond acceptors (Lipinski definition) is 6. The number of benzene rings is 1. The third-order valence-corrected chi connectivity index (χ3v) is 4.60. The van der Waals surface area contributed by atoms with Crippen molar-refractivity contribution in [2.75, 3.05) is 19.5 Å². The molecule has 126 valence electrons. The molecular weight excluding hydrogens is 314 g/mol. The van der Waals surface area contributed by atoms with Crippen molar-refractivity contribution in [3.63, 3.8) is 0 Å². The van der Waals surface area contributed by atoms with Crippen LogP contribution in [0.4, 0.5) is 5.69 Å². The van der Waals surface area contributed by atoms with Crippen LogP contribution in [0.3, 0.4) is 0 Å². The molecule has 0 aromatic heterocycles. The molecule has 0 saturated carbocycles. The van der Waals surface area contributed by atoms with Gasteiger partial charge < -0.3 is 19.9 Å². The second kappa shape index (κ2) is 5.99. The molecule has 3 rings (SSSR count). The van der Waals surface area contributed by atoms with E-state index in [-0.39, 0.29) is 17.4 Å². The lowest BCUT2D eigenvalue weighted by molar-refractivity contribution is -0.139. The molecular formula is C17H17NO6. The fourth-order valence-electron chi connectivity index (χ4n) is 3.52. The van der Waals surface area contributed by atoms with Gasteiger partial charge in [-0.25, -0.2) is 14.4 Å². The smallest absolute Gasteiger partial charge is 0.339 e. The summed E-state index contributed by atoms with van der Waals surface area (Å²) in [4.78, 5) is 35.8. The van der Waals surface area contributed by atoms with Crippen LogP contribution in [0.5, 0.6) is 0 Å². The molecule has 0 saturated heterocycles. The number of aliphatic carboxylic acids is 1. The summed E-state index contributed by atoms with van der Waals surface area (Å²) >= 11 is 0. The fourth-order valence-corrected chi connectivity index (χ4v) is 3.52. The third-order valence-electron chi connectivity index (χ3n) is 4.60. The molecule has 24 heavy (non-hydrogen) atoms. The van der Waals surface area contributed by atoms with Gasteiger partial charge in [0.05, 0.1) is 31.0 Å². The third kappa shape index (κ3) is 2.33. The Morgan fingerprint density at radius 1 is 1.12 bits per heavy atom. The van der Waals surface area contributed by atoms with Crippen molar-refractivity contribution in [3.8, 4) is 0 Å². The lowest BCUT2D eigenvalue weighted by atomic mass is 9.76. The Morgan fingerprint density at radius 3 is 2.38 bits per heavy atom. The Balaban J connectivity index is 2.24. The van der Waals surface area contributed by atoms with Crippen molar-refractivity contribution < 1.29 is 29.0 Å². The zero-order chi connectivity index (χ0) is 17.4. The second-order valence-corrected chi connectivity index (χ2v) is 5.75. The van der Waals surface area contributed by atoms with Gasteiger partial charge in [-0.15, -0.1) is 0 Å². The van der Waals surface area contributed by atoms with Crippen LogP contribution in [0.25, 0.3) is 0 Å². The summed E-state index contributed by atoms with van der Waals surface area (Å²) in [5.74, 6) is -2.64. The zero-order valence-corrected chi connectivity index (χ0v) is 13.2. The van der Waals surface area contributed by atoms with E-state index >= 15 is 0 Å². The van der Waals surface area contributed by atoms with Gasteiger partial charge in [0.1, 0.15) is 6.04 Å². The van der Waals surface area contributed by atoms with Gasteiger partial charge in [0.2, 0.25) is 0 Å². The number of carboxylic acid groups (broad SMARTS) is 1. The van der Waals surface area contributed by atoms with Gasteiger partial charge in [0.25, 0.3) is 0 Å². The Morgan fingerprint density at radius 2 is 1.75 bits per heavy atom. The SMILES string of the molecule is COC(=O)c1ccc(C(=O)OC)c2c1N[C@@H](C(=O)O)[C@H]1CC=C[C@H]21. The number of esters is 2. The quantitative estimate of drug-likeness (QED) is 0.643. The highest BCUT2D eigenvalue weighted by atomic mass is 16.5. The summed E-state index contributed by atoms with van der Waals surface area (Å²) in [5.41, 5.74) is 1.43. The maximum absolute atomic E-state index is 12.1. The summed E-state index contributed by atoms with van der Waals surface area (Å²) in [6.45, 7) is 0.